The Hall–Kier alpha value is -2.17. The van der Waals surface area contributed by atoms with Crippen molar-refractivity contribution >= 4 is 33.1 Å². The van der Waals surface area contributed by atoms with Crippen LogP contribution in [-0.4, -0.2) is 36.4 Å². The number of hydrogen-bond donors (Lipinski definition) is 1. The summed E-state index contributed by atoms with van der Waals surface area (Å²) in [5, 5.41) is 11.0. The molecule has 0 unspecified atom stereocenters. The van der Waals surface area contributed by atoms with Crippen molar-refractivity contribution < 1.29 is 14.6 Å². The van der Waals surface area contributed by atoms with E-state index in [1.165, 1.54) is 7.11 Å². The Kier molecular flexibility index (Phi) is 5.21. The summed E-state index contributed by atoms with van der Waals surface area (Å²) in [7, 11) is 1.47. The molecule has 1 saturated heterocycles. The minimum atomic E-state index is -0.977. The molecule has 0 aromatic heterocycles. The van der Waals surface area contributed by atoms with Crippen LogP contribution in [0.4, 0.5) is 5.69 Å². The van der Waals surface area contributed by atoms with Gasteiger partial charge in [0.25, 0.3) is 5.91 Å². The van der Waals surface area contributed by atoms with Gasteiger partial charge in [-0.05, 0) is 33.6 Å². The van der Waals surface area contributed by atoms with Crippen molar-refractivity contribution in [3.63, 3.8) is 0 Å². The van der Waals surface area contributed by atoms with E-state index in [1.54, 1.807) is 4.90 Å². The van der Waals surface area contributed by atoms with E-state index in [0.717, 1.165) is 10.0 Å². The first-order valence-corrected chi connectivity index (χ1v) is 8.63. The van der Waals surface area contributed by atoms with Gasteiger partial charge in [-0.25, -0.2) is 0 Å². The molecule has 25 heavy (non-hydrogen) atoms. The lowest BCUT2D eigenvalue weighted by Gasteiger charge is -2.48. The van der Waals surface area contributed by atoms with Crippen LogP contribution in [0, 0.1) is 0 Å². The number of amides is 1. The quantitative estimate of drug-likeness (QED) is 0.618. The Bertz CT molecular complexity index is 830. The highest BCUT2D eigenvalue weighted by molar-refractivity contribution is 9.10. The van der Waals surface area contributed by atoms with Crippen LogP contribution in [0.5, 0.6) is 0 Å². The number of nitrogens with zero attached hydrogens (tertiary/aromatic N) is 1. The number of aliphatic hydroxyl groups excluding tert-OH is 1. The van der Waals surface area contributed by atoms with Gasteiger partial charge >= 0.3 is 0 Å². The first kappa shape index (κ1) is 17.6. The van der Waals surface area contributed by atoms with E-state index in [4.69, 9.17) is 4.74 Å². The van der Waals surface area contributed by atoms with E-state index in [-0.39, 0.29) is 5.91 Å². The molecule has 3 rings (SSSR count). The molecule has 0 aliphatic carbocycles. The highest BCUT2D eigenvalue weighted by atomic mass is 79.9. The van der Waals surface area contributed by atoms with Crippen LogP contribution >= 0.6 is 15.9 Å². The van der Waals surface area contributed by atoms with Gasteiger partial charge in [-0.2, -0.15) is 0 Å². The number of carbonyl (C=O) groups excluding carboxylic acids is 1. The predicted octanol–water partition coefficient (Wildman–Crippen LogP) is 3.41. The van der Waals surface area contributed by atoms with Crippen LogP contribution in [-0.2, 0) is 9.53 Å². The molecule has 1 heterocycles. The Balaban J connectivity index is 1.99. The monoisotopic (exact) mass is 399 g/mol. The zero-order chi connectivity index (χ0) is 18.0. The number of anilines is 1. The van der Waals surface area contributed by atoms with Gasteiger partial charge in [0, 0.05) is 17.2 Å². The normalized spacial score (nSPS) is 20.6. The van der Waals surface area contributed by atoms with Crippen molar-refractivity contribution in [2.75, 3.05) is 12.0 Å². The molecule has 3 atom stereocenters. The number of β-lactam (4-membered cyclic amide) rings is 1. The molecule has 1 amide bonds. The van der Waals surface area contributed by atoms with Crippen molar-refractivity contribution in [1.82, 2.24) is 0 Å². The van der Waals surface area contributed by atoms with Gasteiger partial charge in [-0.1, -0.05) is 49.0 Å². The van der Waals surface area contributed by atoms with E-state index in [9.17, 15) is 9.90 Å². The first-order valence-electron chi connectivity index (χ1n) is 7.84. The fourth-order valence-electron chi connectivity index (χ4n) is 3.12. The van der Waals surface area contributed by atoms with Gasteiger partial charge in [-0.3, -0.25) is 9.69 Å². The zero-order valence-electron chi connectivity index (χ0n) is 13.7. The first-order chi connectivity index (χ1) is 12.1. The predicted molar refractivity (Wildman–Crippen MR) is 101 cm³/mol. The Labute approximate surface area is 155 Å². The number of aliphatic hydroxyl groups is 1. The molecule has 5 heteroatoms. The molecule has 0 spiro atoms. The summed E-state index contributed by atoms with van der Waals surface area (Å²) in [6, 6.07) is 16.3. The lowest BCUT2D eigenvalue weighted by atomic mass is 9.85. The van der Waals surface area contributed by atoms with Gasteiger partial charge in [0.2, 0.25) is 0 Å². The van der Waals surface area contributed by atoms with Gasteiger partial charge in [-0.15, -0.1) is 5.73 Å². The lowest BCUT2D eigenvalue weighted by molar-refractivity contribution is -0.142. The van der Waals surface area contributed by atoms with Gasteiger partial charge in [0.1, 0.15) is 12.1 Å². The number of methoxy groups -OCH3 is 1. The maximum absolute atomic E-state index is 12.5. The third-order valence-corrected chi connectivity index (χ3v) is 5.02. The maximum atomic E-state index is 12.5. The molecule has 4 nitrogen and oxygen atoms in total. The summed E-state index contributed by atoms with van der Waals surface area (Å²) in [5.74, 6) is -0.185. The minimum Gasteiger partial charge on any atom is -0.385 e. The van der Waals surface area contributed by atoms with Crippen LogP contribution in [0.1, 0.15) is 5.56 Å². The molecule has 1 aliphatic rings. The smallest absolute Gasteiger partial charge is 0.258 e. The van der Waals surface area contributed by atoms with E-state index in [1.807, 2.05) is 54.6 Å². The van der Waals surface area contributed by atoms with Gasteiger partial charge in [0.05, 0.1) is 5.69 Å². The van der Waals surface area contributed by atoms with Gasteiger partial charge in [0.15, 0.2) is 6.10 Å². The molecule has 2 aromatic carbocycles. The second kappa shape index (κ2) is 7.38. The van der Waals surface area contributed by atoms with Crippen LogP contribution in [0.3, 0.4) is 0 Å². The van der Waals surface area contributed by atoms with Crippen molar-refractivity contribution in [1.29, 1.82) is 0 Å². The molecule has 0 bridgehead atoms. The highest BCUT2D eigenvalue weighted by Crippen LogP contribution is 2.38. The van der Waals surface area contributed by atoms with Crippen molar-refractivity contribution in [3.05, 3.63) is 76.9 Å². The van der Waals surface area contributed by atoms with Crippen LogP contribution in [0.2, 0.25) is 0 Å². The average Bonchev–Trinajstić information content (AvgIpc) is 2.63. The van der Waals surface area contributed by atoms with E-state index >= 15 is 0 Å². The maximum Gasteiger partial charge on any atom is 0.258 e. The standard InChI is InChI=1S/C20H18BrNO3/c1-3-14(13-9-5-4-6-10-13)18(23)17-19(25-2)20(24)22(17)16-12-8-7-11-15(16)21/h4-12,17-19,23H,1H2,2H3/t17-,18+,19+/m0/s1. The fraction of sp³-hybridized carbons (Fsp3) is 0.200. The molecule has 1 aliphatic heterocycles. The number of carbonyl (C=O) groups is 1. The number of benzene rings is 2. The summed E-state index contributed by atoms with van der Waals surface area (Å²) in [4.78, 5) is 14.1. The van der Waals surface area contributed by atoms with Crippen LogP contribution < -0.4 is 4.90 Å². The van der Waals surface area contributed by atoms with Gasteiger partial charge < -0.3 is 9.84 Å². The SMILES string of the molecule is C=C=C(c1ccccc1)[C@@H](O)[C@H]1[C@@H](OC)C(=O)N1c1ccccc1Br. The number of hydrogen-bond acceptors (Lipinski definition) is 3. The summed E-state index contributed by atoms with van der Waals surface area (Å²) < 4.78 is 6.10. The molecule has 2 aromatic rings. The Morgan fingerprint density at radius 2 is 1.88 bits per heavy atom. The molecule has 0 radical (unpaired) electrons. The van der Waals surface area contributed by atoms with Crippen LogP contribution in [0.25, 0.3) is 5.57 Å². The number of halogens is 1. The van der Waals surface area contributed by atoms with E-state index < -0.39 is 18.2 Å². The molecule has 1 N–H and O–H groups in total. The summed E-state index contributed by atoms with van der Waals surface area (Å²) >= 11 is 3.47. The number of para-hydroxylation sites is 1. The second-order valence-electron chi connectivity index (χ2n) is 5.71. The highest BCUT2D eigenvalue weighted by Gasteiger charge is 2.53. The molecule has 128 valence electrons. The van der Waals surface area contributed by atoms with Crippen molar-refractivity contribution in [3.8, 4) is 0 Å². The summed E-state index contributed by atoms with van der Waals surface area (Å²) in [5.41, 5.74) is 4.87. The second-order valence-corrected chi connectivity index (χ2v) is 6.56. The van der Waals surface area contributed by atoms with E-state index in [2.05, 4.69) is 28.2 Å². The Morgan fingerprint density at radius 1 is 1.24 bits per heavy atom. The third kappa shape index (κ3) is 3.08. The van der Waals surface area contributed by atoms with E-state index in [0.29, 0.717) is 11.3 Å². The average molecular weight is 400 g/mol. The molecular weight excluding hydrogens is 382 g/mol. The van der Waals surface area contributed by atoms with Crippen molar-refractivity contribution in [2.24, 2.45) is 0 Å². The molecular formula is C20H18BrNO3. The zero-order valence-corrected chi connectivity index (χ0v) is 15.3. The minimum absolute atomic E-state index is 0.185. The fourth-order valence-corrected chi connectivity index (χ4v) is 3.60. The lowest BCUT2D eigenvalue weighted by Crippen LogP contribution is -2.70. The summed E-state index contributed by atoms with van der Waals surface area (Å²) in [6.45, 7) is 3.71. The number of rotatable bonds is 5. The largest absolute Gasteiger partial charge is 0.385 e. The van der Waals surface area contributed by atoms with Crippen molar-refractivity contribution in [2.45, 2.75) is 18.2 Å². The topological polar surface area (TPSA) is 49.8 Å². The van der Waals surface area contributed by atoms with Crippen LogP contribution in [0.15, 0.2) is 71.4 Å². The Morgan fingerprint density at radius 3 is 2.48 bits per heavy atom. The molecule has 0 saturated carbocycles. The number of ether oxygens (including phenoxy) is 1. The third-order valence-electron chi connectivity index (χ3n) is 4.35. The molecule has 1 fully saturated rings. The summed E-state index contributed by atoms with van der Waals surface area (Å²) in [6.07, 6.45) is -1.69.